The third-order valence-corrected chi connectivity index (χ3v) is 2.90. The summed E-state index contributed by atoms with van der Waals surface area (Å²) in [4.78, 5) is 22.2. The number of amides is 1. The van der Waals surface area contributed by atoms with E-state index in [9.17, 15) is 14.9 Å². The molecule has 0 saturated heterocycles. The van der Waals surface area contributed by atoms with Crippen LogP contribution >= 0.6 is 11.6 Å². The van der Waals surface area contributed by atoms with E-state index in [4.69, 9.17) is 11.6 Å². The Bertz CT molecular complexity index is 506. The maximum Gasteiger partial charge on any atom is 0.275 e. The Morgan fingerprint density at radius 1 is 1.40 bits per heavy atom. The lowest BCUT2D eigenvalue weighted by molar-refractivity contribution is -0.385. The van der Waals surface area contributed by atoms with E-state index in [2.05, 4.69) is 10.6 Å². The molecule has 0 aliphatic carbocycles. The summed E-state index contributed by atoms with van der Waals surface area (Å²) in [6, 6.07) is 4.09. The van der Waals surface area contributed by atoms with E-state index in [1.807, 2.05) is 13.8 Å². The second kappa shape index (κ2) is 7.21. The number of benzene rings is 1. The topological polar surface area (TPSA) is 84.3 Å². The molecule has 0 aliphatic rings. The molecule has 110 valence electrons. The van der Waals surface area contributed by atoms with Crippen LogP contribution in [-0.4, -0.2) is 22.9 Å². The van der Waals surface area contributed by atoms with Crippen molar-refractivity contribution in [2.75, 3.05) is 0 Å². The van der Waals surface area contributed by atoms with Crippen LogP contribution in [0.5, 0.6) is 0 Å². The number of hydrogen-bond donors (Lipinski definition) is 2. The minimum absolute atomic E-state index is 0.0524. The Balaban J connectivity index is 2.70. The van der Waals surface area contributed by atoms with E-state index in [-0.39, 0.29) is 24.2 Å². The fourth-order valence-electron chi connectivity index (χ4n) is 1.62. The molecular weight excluding hydrogens is 282 g/mol. The number of halogens is 1. The van der Waals surface area contributed by atoms with Crippen LogP contribution in [0, 0.1) is 10.1 Å². The molecule has 0 bridgehead atoms. The standard InChI is InChI=1S/C13H18ClN3O3/c1-8(2)16-13(18)9(3)15-7-10-4-5-11(14)6-12(10)17(19)20/h4-6,8-9,15H,7H2,1-3H3,(H,16,18). The zero-order valence-electron chi connectivity index (χ0n) is 11.6. The smallest absolute Gasteiger partial charge is 0.275 e. The predicted octanol–water partition coefficient (Wildman–Crippen LogP) is 2.25. The monoisotopic (exact) mass is 299 g/mol. The number of nitrogens with one attached hydrogen (secondary N) is 2. The van der Waals surface area contributed by atoms with Crippen LogP contribution in [0.2, 0.25) is 5.02 Å². The number of nitro benzene ring substituents is 1. The van der Waals surface area contributed by atoms with E-state index in [1.165, 1.54) is 6.07 Å². The average molecular weight is 300 g/mol. The molecule has 1 amide bonds. The van der Waals surface area contributed by atoms with Crippen LogP contribution in [0.1, 0.15) is 26.3 Å². The van der Waals surface area contributed by atoms with Gasteiger partial charge in [0, 0.05) is 29.2 Å². The van der Waals surface area contributed by atoms with Crippen molar-refractivity contribution in [2.24, 2.45) is 0 Å². The second-order valence-corrected chi connectivity index (χ2v) is 5.23. The Morgan fingerprint density at radius 2 is 2.05 bits per heavy atom. The molecule has 20 heavy (non-hydrogen) atoms. The number of carbonyl (C=O) groups is 1. The first-order valence-electron chi connectivity index (χ1n) is 6.28. The van der Waals surface area contributed by atoms with E-state index in [1.54, 1.807) is 19.1 Å². The summed E-state index contributed by atoms with van der Waals surface area (Å²) in [5, 5.41) is 17.0. The van der Waals surface area contributed by atoms with E-state index < -0.39 is 11.0 Å². The molecule has 1 aromatic carbocycles. The SMILES string of the molecule is CC(C)NC(=O)C(C)NCc1ccc(Cl)cc1[N+](=O)[O-]. The van der Waals surface area contributed by atoms with Crippen LogP contribution < -0.4 is 10.6 Å². The molecule has 1 aromatic rings. The van der Waals surface area contributed by atoms with Gasteiger partial charge in [-0.1, -0.05) is 11.6 Å². The van der Waals surface area contributed by atoms with E-state index >= 15 is 0 Å². The summed E-state index contributed by atoms with van der Waals surface area (Å²) in [6.07, 6.45) is 0. The molecule has 1 rings (SSSR count). The van der Waals surface area contributed by atoms with E-state index in [0.29, 0.717) is 10.6 Å². The molecular formula is C13H18ClN3O3. The summed E-state index contributed by atoms with van der Waals surface area (Å²) in [7, 11) is 0. The third kappa shape index (κ3) is 4.79. The second-order valence-electron chi connectivity index (χ2n) is 4.80. The highest BCUT2D eigenvalue weighted by Crippen LogP contribution is 2.23. The van der Waals surface area contributed by atoms with Crippen molar-refractivity contribution in [3.8, 4) is 0 Å². The molecule has 0 heterocycles. The van der Waals surface area contributed by atoms with Gasteiger partial charge < -0.3 is 10.6 Å². The van der Waals surface area contributed by atoms with Crippen LogP contribution in [0.3, 0.4) is 0 Å². The first-order chi connectivity index (χ1) is 9.31. The quantitative estimate of drug-likeness (QED) is 0.623. The fourth-order valence-corrected chi connectivity index (χ4v) is 1.79. The lowest BCUT2D eigenvalue weighted by Gasteiger charge is -2.16. The van der Waals surface area contributed by atoms with Gasteiger partial charge in [-0.05, 0) is 32.9 Å². The van der Waals surface area contributed by atoms with Crippen LogP contribution in [0.4, 0.5) is 5.69 Å². The van der Waals surface area contributed by atoms with Crippen molar-refractivity contribution in [1.29, 1.82) is 0 Å². The van der Waals surface area contributed by atoms with Gasteiger partial charge in [-0.25, -0.2) is 0 Å². The lowest BCUT2D eigenvalue weighted by atomic mass is 10.1. The Morgan fingerprint density at radius 3 is 2.60 bits per heavy atom. The summed E-state index contributed by atoms with van der Waals surface area (Å²) in [5.41, 5.74) is 0.435. The predicted molar refractivity (Wildman–Crippen MR) is 77.7 cm³/mol. The van der Waals surface area contributed by atoms with Gasteiger partial charge in [0.25, 0.3) is 5.69 Å². The Kier molecular flexibility index (Phi) is 5.91. The molecule has 1 atom stereocenters. The highest BCUT2D eigenvalue weighted by molar-refractivity contribution is 6.30. The van der Waals surface area contributed by atoms with Gasteiger partial charge in [-0.3, -0.25) is 14.9 Å². The number of nitrogens with zero attached hydrogens (tertiary/aromatic N) is 1. The first kappa shape index (κ1) is 16.4. The summed E-state index contributed by atoms with van der Waals surface area (Å²) in [6.45, 7) is 5.67. The number of carbonyl (C=O) groups excluding carboxylic acids is 1. The van der Waals surface area contributed by atoms with Crippen LogP contribution in [-0.2, 0) is 11.3 Å². The van der Waals surface area contributed by atoms with Gasteiger partial charge in [0.2, 0.25) is 5.91 Å². The molecule has 0 aromatic heterocycles. The molecule has 7 heteroatoms. The highest BCUT2D eigenvalue weighted by atomic mass is 35.5. The molecule has 6 nitrogen and oxygen atoms in total. The zero-order chi connectivity index (χ0) is 15.3. The summed E-state index contributed by atoms with van der Waals surface area (Å²) >= 11 is 5.74. The van der Waals surface area contributed by atoms with Crippen molar-refractivity contribution in [3.05, 3.63) is 38.9 Å². The fraction of sp³-hybridized carbons (Fsp3) is 0.462. The minimum Gasteiger partial charge on any atom is -0.353 e. The van der Waals surface area contributed by atoms with Gasteiger partial charge in [-0.15, -0.1) is 0 Å². The van der Waals surface area contributed by atoms with Gasteiger partial charge in [0.15, 0.2) is 0 Å². The molecule has 0 saturated carbocycles. The van der Waals surface area contributed by atoms with Crippen molar-refractivity contribution >= 4 is 23.2 Å². The van der Waals surface area contributed by atoms with Crippen molar-refractivity contribution in [2.45, 2.75) is 39.4 Å². The van der Waals surface area contributed by atoms with Gasteiger partial charge in [-0.2, -0.15) is 0 Å². The van der Waals surface area contributed by atoms with Crippen LogP contribution in [0.25, 0.3) is 0 Å². The summed E-state index contributed by atoms with van der Waals surface area (Å²) < 4.78 is 0. The Labute approximate surface area is 122 Å². The van der Waals surface area contributed by atoms with Crippen molar-refractivity contribution < 1.29 is 9.72 Å². The maximum absolute atomic E-state index is 11.7. The van der Waals surface area contributed by atoms with E-state index in [0.717, 1.165) is 0 Å². The zero-order valence-corrected chi connectivity index (χ0v) is 12.4. The molecule has 2 N–H and O–H groups in total. The first-order valence-corrected chi connectivity index (χ1v) is 6.65. The number of rotatable bonds is 6. The summed E-state index contributed by atoms with van der Waals surface area (Å²) in [5.74, 6) is -0.142. The normalized spacial score (nSPS) is 12.2. The lowest BCUT2D eigenvalue weighted by Crippen LogP contribution is -2.44. The number of nitro groups is 1. The third-order valence-electron chi connectivity index (χ3n) is 2.67. The molecule has 0 radical (unpaired) electrons. The molecule has 0 aliphatic heterocycles. The van der Waals surface area contributed by atoms with Gasteiger partial charge in [0.1, 0.15) is 0 Å². The van der Waals surface area contributed by atoms with Crippen LogP contribution in [0.15, 0.2) is 18.2 Å². The molecule has 0 spiro atoms. The van der Waals surface area contributed by atoms with Gasteiger partial charge >= 0.3 is 0 Å². The largest absolute Gasteiger partial charge is 0.353 e. The average Bonchev–Trinajstić information content (AvgIpc) is 2.35. The highest BCUT2D eigenvalue weighted by Gasteiger charge is 2.17. The van der Waals surface area contributed by atoms with Crippen molar-refractivity contribution in [3.63, 3.8) is 0 Å². The van der Waals surface area contributed by atoms with Crippen molar-refractivity contribution in [1.82, 2.24) is 10.6 Å². The van der Waals surface area contributed by atoms with Gasteiger partial charge in [0.05, 0.1) is 11.0 Å². The maximum atomic E-state index is 11.7. The number of hydrogen-bond acceptors (Lipinski definition) is 4. The molecule has 1 unspecified atom stereocenters. The Hall–Kier alpha value is -1.66. The minimum atomic E-state index is -0.484. The molecule has 0 fully saturated rings.